The van der Waals surface area contributed by atoms with Gasteiger partial charge < -0.3 is 15.4 Å². The molecule has 0 bridgehead atoms. The normalized spacial score (nSPS) is 10.7. The molecule has 4 heteroatoms. The van der Waals surface area contributed by atoms with Crippen LogP contribution in [-0.2, 0) is 11.3 Å². The number of aromatic nitrogens is 1. The maximum Gasteiger partial charge on any atom is 0.305 e. The number of rotatable bonds is 3. The topological polar surface area (TPSA) is 68.2 Å². The van der Waals surface area contributed by atoms with Crippen molar-refractivity contribution >= 4 is 22.6 Å². The second-order valence-electron chi connectivity index (χ2n) is 3.44. The van der Waals surface area contributed by atoms with Gasteiger partial charge in [0.15, 0.2) is 0 Å². The molecule has 0 aliphatic heterocycles. The first-order valence-corrected chi connectivity index (χ1v) is 4.73. The number of aliphatic carboxylic acids is 1. The van der Waals surface area contributed by atoms with Crippen LogP contribution in [0.4, 0.5) is 5.69 Å². The summed E-state index contributed by atoms with van der Waals surface area (Å²) in [5, 5.41) is 9.65. The average Bonchev–Trinajstić information content (AvgIpc) is 2.59. The molecule has 0 fully saturated rings. The first-order valence-electron chi connectivity index (χ1n) is 4.73. The van der Waals surface area contributed by atoms with Gasteiger partial charge in [-0.2, -0.15) is 0 Å². The number of hydrogen-bond acceptors (Lipinski definition) is 2. The number of fused-ring (bicyclic) bond motifs is 1. The van der Waals surface area contributed by atoms with Crippen molar-refractivity contribution in [2.24, 2.45) is 0 Å². The molecule has 1 aromatic heterocycles. The molecule has 0 amide bonds. The third-order valence-corrected chi connectivity index (χ3v) is 2.39. The Morgan fingerprint density at radius 2 is 2.20 bits per heavy atom. The molecule has 1 heterocycles. The standard InChI is InChI=1S/C11H12N2O2/c12-9-3-1-2-8-4-6-13(11(8)9)7-5-10(14)15/h1-4,6H,5,7,12H2,(H,14,15). The molecule has 0 saturated carbocycles. The highest BCUT2D eigenvalue weighted by Gasteiger charge is 2.05. The highest BCUT2D eigenvalue weighted by Crippen LogP contribution is 2.22. The van der Waals surface area contributed by atoms with E-state index in [0.29, 0.717) is 12.2 Å². The van der Waals surface area contributed by atoms with Crippen LogP contribution in [0.2, 0.25) is 0 Å². The fourth-order valence-electron chi connectivity index (χ4n) is 1.69. The summed E-state index contributed by atoms with van der Waals surface area (Å²) in [5.41, 5.74) is 7.44. The molecule has 2 rings (SSSR count). The lowest BCUT2D eigenvalue weighted by Gasteiger charge is -2.05. The summed E-state index contributed by atoms with van der Waals surface area (Å²) < 4.78 is 1.87. The molecular formula is C11H12N2O2. The van der Waals surface area contributed by atoms with Crippen molar-refractivity contribution in [2.75, 3.05) is 5.73 Å². The van der Waals surface area contributed by atoms with Gasteiger partial charge in [0.25, 0.3) is 0 Å². The summed E-state index contributed by atoms with van der Waals surface area (Å²) in [6.07, 6.45) is 1.97. The Bertz CT molecular complexity index is 502. The summed E-state index contributed by atoms with van der Waals surface area (Å²) in [5.74, 6) is -0.800. The Labute approximate surface area is 86.9 Å². The van der Waals surface area contributed by atoms with Crippen molar-refractivity contribution in [1.29, 1.82) is 0 Å². The number of hydrogen-bond donors (Lipinski definition) is 2. The number of anilines is 1. The first-order chi connectivity index (χ1) is 7.18. The molecular weight excluding hydrogens is 192 g/mol. The van der Waals surface area contributed by atoms with Gasteiger partial charge in [-0.25, -0.2) is 0 Å². The van der Waals surface area contributed by atoms with Gasteiger partial charge in [-0.05, 0) is 12.1 Å². The summed E-state index contributed by atoms with van der Waals surface area (Å²) in [4.78, 5) is 10.5. The Kier molecular flexibility index (Phi) is 2.33. The van der Waals surface area contributed by atoms with Crippen LogP contribution in [0.1, 0.15) is 6.42 Å². The van der Waals surface area contributed by atoms with Gasteiger partial charge in [0, 0.05) is 18.1 Å². The van der Waals surface area contributed by atoms with Crippen LogP contribution in [0.25, 0.3) is 10.9 Å². The van der Waals surface area contributed by atoms with Crippen LogP contribution in [0.15, 0.2) is 30.5 Å². The van der Waals surface area contributed by atoms with Crippen LogP contribution < -0.4 is 5.73 Å². The molecule has 0 atom stereocenters. The third kappa shape index (κ3) is 1.79. The summed E-state index contributed by atoms with van der Waals surface area (Å²) >= 11 is 0. The van der Waals surface area contributed by atoms with Crippen LogP contribution in [0.5, 0.6) is 0 Å². The van der Waals surface area contributed by atoms with Crippen LogP contribution in [0, 0.1) is 0 Å². The minimum absolute atomic E-state index is 0.109. The Morgan fingerprint density at radius 3 is 2.93 bits per heavy atom. The zero-order chi connectivity index (χ0) is 10.8. The number of aryl methyl sites for hydroxylation is 1. The fourth-order valence-corrected chi connectivity index (χ4v) is 1.69. The van der Waals surface area contributed by atoms with E-state index in [2.05, 4.69) is 0 Å². The van der Waals surface area contributed by atoms with E-state index in [4.69, 9.17) is 10.8 Å². The molecule has 4 nitrogen and oxygen atoms in total. The lowest BCUT2D eigenvalue weighted by molar-refractivity contribution is -0.137. The molecule has 0 aliphatic carbocycles. The van der Waals surface area contributed by atoms with Gasteiger partial charge in [0.1, 0.15) is 0 Å². The van der Waals surface area contributed by atoms with Gasteiger partial charge in [-0.15, -0.1) is 0 Å². The largest absolute Gasteiger partial charge is 0.481 e. The van der Waals surface area contributed by atoms with Gasteiger partial charge in [-0.1, -0.05) is 12.1 Å². The van der Waals surface area contributed by atoms with Crippen molar-refractivity contribution in [3.63, 3.8) is 0 Å². The summed E-state index contributed by atoms with van der Waals surface area (Å²) in [6, 6.07) is 7.61. The van der Waals surface area contributed by atoms with Crippen LogP contribution in [-0.4, -0.2) is 15.6 Å². The smallest absolute Gasteiger partial charge is 0.305 e. The lowest BCUT2D eigenvalue weighted by Crippen LogP contribution is -2.04. The Balaban J connectivity index is 2.39. The zero-order valence-electron chi connectivity index (χ0n) is 8.18. The van der Waals surface area contributed by atoms with E-state index in [1.54, 1.807) is 0 Å². The van der Waals surface area contributed by atoms with E-state index in [0.717, 1.165) is 10.9 Å². The Hall–Kier alpha value is -1.97. The van der Waals surface area contributed by atoms with Crippen LogP contribution in [0.3, 0.4) is 0 Å². The number of carboxylic acid groups (broad SMARTS) is 1. The quantitative estimate of drug-likeness (QED) is 0.747. The van der Waals surface area contributed by atoms with Crippen molar-refractivity contribution in [1.82, 2.24) is 4.57 Å². The highest BCUT2D eigenvalue weighted by molar-refractivity contribution is 5.90. The van der Waals surface area contributed by atoms with Crippen molar-refractivity contribution < 1.29 is 9.90 Å². The lowest BCUT2D eigenvalue weighted by atomic mass is 10.2. The minimum Gasteiger partial charge on any atom is -0.481 e. The average molecular weight is 204 g/mol. The number of nitrogens with two attached hydrogens (primary N) is 1. The zero-order valence-corrected chi connectivity index (χ0v) is 8.18. The number of benzene rings is 1. The number of nitrogen functional groups attached to an aromatic ring is 1. The highest BCUT2D eigenvalue weighted by atomic mass is 16.4. The van der Waals surface area contributed by atoms with E-state index >= 15 is 0 Å². The van der Waals surface area contributed by atoms with E-state index in [1.165, 1.54) is 0 Å². The predicted molar refractivity (Wildman–Crippen MR) is 58.6 cm³/mol. The SMILES string of the molecule is Nc1cccc2ccn(CCC(=O)O)c12. The third-order valence-electron chi connectivity index (χ3n) is 2.39. The first kappa shape index (κ1) is 9.58. The maximum absolute atomic E-state index is 10.5. The number of carboxylic acids is 1. The second-order valence-corrected chi connectivity index (χ2v) is 3.44. The molecule has 0 spiro atoms. The Morgan fingerprint density at radius 1 is 1.40 bits per heavy atom. The van der Waals surface area contributed by atoms with Gasteiger partial charge in [-0.3, -0.25) is 4.79 Å². The molecule has 78 valence electrons. The molecule has 15 heavy (non-hydrogen) atoms. The number of nitrogens with zero attached hydrogens (tertiary/aromatic N) is 1. The molecule has 0 aliphatic rings. The van der Waals surface area contributed by atoms with Crippen molar-refractivity contribution in [3.05, 3.63) is 30.5 Å². The summed E-state index contributed by atoms with van der Waals surface area (Å²) in [6.45, 7) is 0.451. The maximum atomic E-state index is 10.5. The molecule has 1 aromatic carbocycles. The minimum atomic E-state index is -0.800. The molecule has 0 saturated heterocycles. The fraction of sp³-hybridized carbons (Fsp3) is 0.182. The van der Waals surface area contributed by atoms with E-state index in [9.17, 15) is 4.79 Å². The van der Waals surface area contributed by atoms with Gasteiger partial charge >= 0.3 is 5.97 Å². The number of para-hydroxylation sites is 1. The second kappa shape index (κ2) is 3.65. The molecule has 0 unspecified atom stereocenters. The predicted octanol–water partition coefficient (Wildman–Crippen LogP) is 1.70. The van der Waals surface area contributed by atoms with Gasteiger partial charge in [0.2, 0.25) is 0 Å². The summed E-state index contributed by atoms with van der Waals surface area (Å²) in [7, 11) is 0. The van der Waals surface area contributed by atoms with Gasteiger partial charge in [0.05, 0.1) is 17.6 Å². The van der Waals surface area contributed by atoms with E-state index in [-0.39, 0.29) is 6.42 Å². The van der Waals surface area contributed by atoms with E-state index in [1.807, 2.05) is 35.0 Å². The molecule has 3 N–H and O–H groups in total. The van der Waals surface area contributed by atoms with Crippen molar-refractivity contribution in [3.8, 4) is 0 Å². The monoisotopic (exact) mass is 204 g/mol. The molecule has 2 aromatic rings. The van der Waals surface area contributed by atoms with Crippen molar-refractivity contribution in [2.45, 2.75) is 13.0 Å². The number of carbonyl (C=O) groups is 1. The molecule has 0 radical (unpaired) electrons. The van der Waals surface area contributed by atoms with E-state index < -0.39 is 5.97 Å². The van der Waals surface area contributed by atoms with Crippen LogP contribution >= 0.6 is 0 Å².